The zero-order valence-corrected chi connectivity index (χ0v) is 11.0. The Labute approximate surface area is 115 Å². The summed E-state index contributed by atoms with van der Waals surface area (Å²) in [5, 5.41) is 16.3. The first-order valence-corrected chi connectivity index (χ1v) is 6.13. The summed E-state index contributed by atoms with van der Waals surface area (Å²) in [5.74, 6) is -0.435. The van der Waals surface area contributed by atoms with E-state index in [1.165, 1.54) is 19.2 Å². The number of amides is 1. The molecule has 20 heavy (non-hydrogen) atoms. The van der Waals surface area contributed by atoms with E-state index in [1.54, 1.807) is 12.1 Å². The second-order valence-electron chi connectivity index (χ2n) is 4.32. The van der Waals surface area contributed by atoms with E-state index in [1.807, 2.05) is 18.2 Å². The molecule has 1 heterocycles. The Morgan fingerprint density at radius 2 is 2.00 bits per heavy atom. The summed E-state index contributed by atoms with van der Waals surface area (Å²) in [6.07, 6.45) is -0.785. The van der Waals surface area contributed by atoms with Gasteiger partial charge in [0.25, 0.3) is 11.5 Å². The molecule has 0 aliphatic heterocycles. The number of benzene rings is 1. The van der Waals surface area contributed by atoms with Crippen molar-refractivity contribution < 1.29 is 9.90 Å². The number of nitrogens with zero attached hydrogens (tertiary/aromatic N) is 2. The minimum Gasteiger partial charge on any atom is -0.387 e. The van der Waals surface area contributed by atoms with Gasteiger partial charge in [0.15, 0.2) is 0 Å². The molecular weight excluding hydrogens is 258 g/mol. The molecular formula is C14H15N3O3. The quantitative estimate of drug-likeness (QED) is 0.836. The average Bonchev–Trinajstić information content (AvgIpc) is 2.48. The molecule has 1 atom stereocenters. The third kappa shape index (κ3) is 3.30. The molecule has 0 aliphatic rings. The normalized spacial score (nSPS) is 11.9. The van der Waals surface area contributed by atoms with Crippen molar-refractivity contribution in [1.29, 1.82) is 0 Å². The van der Waals surface area contributed by atoms with Crippen LogP contribution in [0.3, 0.4) is 0 Å². The van der Waals surface area contributed by atoms with E-state index in [4.69, 9.17) is 0 Å². The number of nitrogens with one attached hydrogen (secondary N) is 1. The number of hydrogen-bond acceptors (Lipinski definition) is 4. The lowest BCUT2D eigenvalue weighted by Gasteiger charge is -2.12. The van der Waals surface area contributed by atoms with Crippen molar-refractivity contribution in [2.24, 2.45) is 7.05 Å². The smallest absolute Gasteiger partial charge is 0.271 e. The van der Waals surface area contributed by atoms with Gasteiger partial charge in [-0.15, -0.1) is 0 Å². The highest BCUT2D eigenvalue weighted by atomic mass is 16.3. The summed E-state index contributed by atoms with van der Waals surface area (Å²) in [7, 11) is 1.47. The van der Waals surface area contributed by atoms with Crippen molar-refractivity contribution in [2.45, 2.75) is 6.10 Å². The van der Waals surface area contributed by atoms with Gasteiger partial charge in [-0.05, 0) is 11.6 Å². The van der Waals surface area contributed by atoms with E-state index in [2.05, 4.69) is 10.4 Å². The van der Waals surface area contributed by atoms with E-state index in [0.717, 1.165) is 10.2 Å². The zero-order valence-electron chi connectivity index (χ0n) is 11.0. The lowest BCUT2D eigenvalue weighted by atomic mass is 10.1. The van der Waals surface area contributed by atoms with Crippen LogP contribution in [-0.2, 0) is 7.05 Å². The Balaban J connectivity index is 1.98. The monoisotopic (exact) mass is 273 g/mol. The molecule has 6 heteroatoms. The molecule has 1 aromatic heterocycles. The number of rotatable bonds is 4. The molecule has 2 N–H and O–H groups in total. The highest BCUT2D eigenvalue weighted by molar-refractivity contribution is 5.91. The molecule has 0 fully saturated rings. The lowest BCUT2D eigenvalue weighted by molar-refractivity contribution is 0.0909. The van der Waals surface area contributed by atoms with Crippen molar-refractivity contribution in [3.8, 4) is 0 Å². The summed E-state index contributed by atoms with van der Waals surface area (Å²) in [6, 6.07) is 11.7. The summed E-state index contributed by atoms with van der Waals surface area (Å²) in [5.41, 5.74) is 0.569. The fourth-order valence-corrected chi connectivity index (χ4v) is 1.70. The molecule has 104 valence electrons. The Kier molecular flexibility index (Phi) is 4.27. The van der Waals surface area contributed by atoms with E-state index in [9.17, 15) is 14.7 Å². The van der Waals surface area contributed by atoms with Crippen LogP contribution in [0, 0.1) is 0 Å². The number of aliphatic hydroxyl groups is 1. The van der Waals surface area contributed by atoms with Gasteiger partial charge in [-0.2, -0.15) is 5.10 Å². The predicted octanol–water partition coefficient (Wildman–Crippen LogP) is 0.244. The van der Waals surface area contributed by atoms with E-state index < -0.39 is 12.0 Å². The SMILES string of the molecule is Cn1nc(C(=O)NCC(O)c2ccccc2)ccc1=O. The highest BCUT2D eigenvalue weighted by Gasteiger charge is 2.12. The molecule has 0 aliphatic carbocycles. The first-order chi connectivity index (χ1) is 9.58. The topological polar surface area (TPSA) is 84.2 Å². The van der Waals surface area contributed by atoms with Gasteiger partial charge in [0.05, 0.1) is 6.10 Å². The molecule has 1 amide bonds. The number of aliphatic hydroxyl groups excluding tert-OH is 1. The second-order valence-corrected chi connectivity index (χ2v) is 4.32. The molecule has 0 spiro atoms. The van der Waals surface area contributed by atoms with Crippen molar-refractivity contribution >= 4 is 5.91 Å². The average molecular weight is 273 g/mol. The number of carbonyl (C=O) groups excluding carboxylic acids is 1. The van der Waals surface area contributed by atoms with Gasteiger partial charge in [-0.3, -0.25) is 9.59 Å². The van der Waals surface area contributed by atoms with Crippen molar-refractivity contribution in [3.05, 3.63) is 64.1 Å². The zero-order chi connectivity index (χ0) is 14.5. The summed E-state index contributed by atoms with van der Waals surface area (Å²) < 4.78 is 1.09. The van der Waals surface area contributed by atoms with Gasteiger partial charge in [-0.25, -0.2) is 4.68 Å². The summed E-state index contributed by atoms with van der Waals surface area (Å²) in [4.78, 5) is 23.0. The fraction of sp³-hybridized carbons (Fsp3) is 0.214. The molecule has 0 saturated heterocycles. The number of hydrogen-bond donors (Lipinski definition) is 2. The van der Waals surface area contributed by atoms with E-state index >= 15 is 0 Å². The molecule has 1 aromatic carbocycles. The minimum atomic E-state index is -0.785. The minimum absolute atomic E-state index is 0.0768. The Hall–Kier alpha value is -2.47. The maximum atomic E-state index is 11.8. The van der Waals surface area contributed by atoms with Gasteiger partial charge in [0, 0.05) is 19.7 Å². The molecule has 1 unspecified atom stereocenters. The van der Waals surface area contributed by atoms with Crippen molar-refractivity contribution in [1.82, 2.24) is 15.1 Å². The first-order valence-electron chi connectivity index (χ1n) is 6.13. The Morgan fingerprint density at radius 1 is 1.30 bits per heavy atom. The van der Waals surface area contributed by atoms with Crippen LogP contribution in [0.15, 0.2) is 47.3 Å². The van der Waals surface area contributed by atoms with E-state index in [0.29, 0.717) is 0 Å². The molecule has 0 bridgehead atoms. The molecule has 0 radical (unpaired) electrons. The van der Waals surface area contributed by atoms with Gasteiger partial charge in [-0.1, -0.05) is 30.3 Å². The highest BCUT2D eigenvalue weighted by Crippen LogP contribution is 2.10. The Morgan fingerprint density at radius 3 is 2.65 bits per heavy atom. The van der Waals surface area contributed by atoms with Gasteiger partial charge < -0.3 is 10.4 Å². The van der Waals surface area contributed by atoms with Crippen LogP contribution in [0.5, 0.6) is 0 Å². The second kappa shape index (κ2) is 6.12. The van der Waals surface area contributed by atoms with Gasteiger partial charge in [0.1, 0.15) is 5.69 Å². The first kappa shape index (κ1) is 14.0. The number of aromatic nitrogens is 2. The van der Waals surface area contributed by atoms with Crippen LogP contribution in [0.2, 0.25) is 0 Å². The fourth-order valence-electron chi connectivity index (χ4n) is 1.70. The predicted molar refractivity (Wildman–Crippen MR) is 73.2 cm³/mol. The molecule has 6 nitrogen and oxygen atoms in total. The van der Waals surface area contributed by atoms with Crippen LogP contribution < -0.4 is 10.9 Å². The van der Waals surface area contributed by atoms with Crippen LogP contribution in [0.25, 0.3) is 0 Å². The maximum Gasteiger partial charge on any atom is 0.271 e. The van der Waals surface area contributed by atoms with E-state index in [-0.39, 0.29) is 17.8 Å². The summed E-state index contributed by atoms with van der Waals surface area (Å²) in [6.45, 7) is 0.0768. The largest absolute Gasteiger partial charge is 0.387 e. The van der Waals surface area contributed by atoms with Crippen LogP contribution in [0.4, 0.5) is 0 Å². The standard InChI is InChI=1S/C14H15N3O3/c1-17-13(19)8-7-11(16-17)14(20)15-9-12(18)10-5-3-2-4-6-10/h2-8,12,18H,9H2,1H3,(H,15,20). The van der Waals surface area contributed by atoms with Crippen molar-refractivity contribution in [3.63, 3.8) is 0 Å². The molecule has 2 aromatic rings. The third-order valence-electron chi connectivity index (χ3n) is 2.83. The third-order valence-corrected chi connectivity index (χ3v) is 2.83. The van der Waals surface area contributed by atoms with Crippen molar-refractivity contribution in [2.75, 3.05) is 6.54 Å². The van der Waals surface area contributed by atoms with Crippen LogP contribution >= 0.6 is 0 Å². The molecule has 2 rings (SSSR count). The lowest BCUT2D eigenvalue weighted by Crippen LogP contribution is -2.31. The Bertz CT molecular complexity index is 652. The van der Waals surface area contributed by atoms with Gasteiger partial charge in [0.2, 0.25) is 0 Å². The summed E-state index contributed by atoms with van der Waals surface area (Å²) >= 11 is 0. The number of aryl methyl sites for hydroxylation is 1. The number of carbonyl (C=O) groups is 1. The molecule has 0 saturated carbocycles. The van der Waals surface area contributed by atoms with Crippen LogP contribution in [0.1, 0.15) is 22.2 Å². The van der Waals surface area contributed by atoms with Crippen LogP contribution in [-0.4, -0.2) is 27.3 Å². The maximum absolute atomic E-state index is 11.8. The van der Waals surface area contributed by atoms with Gasteiger partial charge >= 0.3 is 0 Å².